The van der Waals surface area contributed by atoms with Crippen molar-refractivity contribution in [3.05, 3.63) is 11.8 Å². The molecule has 0 aliphatic heterocycles. The van der Waals surface area contributed by atoms with Crippen LogP contribution in [0.2, 0.25) is 0 Å². The van der Waals surface area contributed by atoms with Gasteiger partial charge in [0.15, 0.2) is 0 Å². The molecule has 0 spiro atoms. The van der Waals surface area contributed by atoms with Gasteiger partial charge in [0.05, 0.1) is 0 Å². The van der Waals surface area contributed by atoms with Crippen molar-refractivity contribution in [3.8, 4) is 0 Å². The first-order chi connectivity index (χ1) is 3.63. The highest BCUT2D eigenvalue weighted by atomic mass is 14.6. The van der Waals surface area contributed by atoms with E-state index >= 15 is 0 Å². The predicted octanol–water partition coefficient (Wildman–Crippen LogP) is 0.586. The third kappa shape index (κ3) is 5.50. The van der Waals surface area contributed by atoms with Crippen molar-refractivity contribution in [2.24, 2.45) is 11.5 Å². The van der Waals surface area contributed by atoms with E-state index in [4.69, 9.17) is 11.5 Å². The predicted molar refractivity (Wildman–Crippen MR) is 36.2 cm³/mol. The van der Waals surface area contributed by atoms with Gasteiger partial charge in [-0.1, -0.05) is 6.08 Å². The number of allylic oxidation sites excluding steroid dienone is 1. The molecule has 1 atom stereocenters. The lowest BCUT2D eigenvalue weighted by Crippen LogP contribution is -2.13. The zero-order valence-corrected chi connectivity index (χ0v) is 5.52. The van der Waals surface area contributed by atoms with Crippen LogP contribution < -0.4 is 11.5 Å². The molecule has 0 radical (unpaired) electrons. The topological polar surface area (TPSA) is 52.0 Å². The average Bonchev–Trinajstić information content (AvgIpc) is 1.61. The van der Waals surface area contributed by atoms with E-state index in [1.165, 1.54) is 0 Å². The molecule has 0 rings (SSSR count). The van der Waals surface area contributed by atoms with Crippen molar-refractivity contribution in [2.45, 2.75) is 26.3 Å². The monoisotopic (exact) mass is 114 g/mol. The lowest BCUT2D eigenvalue weighted by Gasteiger charge is -1.97. The van der Waals surface area contributed by atoms with Crippen LogP contribution in [0.15, 0.2) is 11.8 Å². The van der Waals surface area contributed by atoms with Gasteiger partial charge < -0.3 is 11.5 Å². The lowest BCUT2D eigenvalue weighted by molar-refractivity contribution is 0.753. The summed E-state index contributed by atoms with van der Waals surface area (Å²) in [7, 11) is 0. The van der Waals surface area contributed by atoms with Crippen LogP contribution in [0.5, 0.6) is 0 Å². The molecule has 0 aromatic heterocycles. The van der Waals surface area contributed by atoms with E-state index in [1.807, 2.05) is 19.9 Å². The van der Waals surface area contributed by atoms with Gasteiger partial charge in [0.2, 0.25) is 0 Å². The Labute approximate surface area is 50.6 Å². The zero-order chi connectivity index (χ0) is 6.57. The Balaban J connectivity index is 3.29. The van der Waals surface area contributed by atoms with Crippen LogP contribution in [0.1, 0.15) is 20.3 Å². The molecule has 0 amide bonds. The molecule has 0 saturated heterocycles. The van der Waals surface area contributed by atoms with Crippen LogP contribution in [0.4, 0.5) is 0 Å². The largest absolute Gasteiger partial charge is 0.403 e. The Morgan fingerprint density at radius 2 is 2.25 bits per heavy atom. The first-order valence-electron chi connectivity index (χ1n) is 2.80. The van der Waals surface area contributed by atoms with Crippen LogP contribution in [-0.4, -0.2) is 6.04 Å². The highest BCUT2D eigenvalue weighted by Gasteiger charge is 1.86. The quantitative estimate of drug-likeness (QED) is 0.552. The summed E-state index contributed by atoms with van der Waals surface area (Å²) in [6.45, 7) is 3.82. The smallest absolute Gasteiger partial charge is 0.00457 e. The minimum absolute atomic E-state index is 0.230. The standard InChI is InChI=1S/C6H14N2/c1-5(7)3-4-6(2)8/h3,6H,4,7-8H2,1-2H3/b5-3+. The van der Waals surface area contributed by atoms with Gasteiger partial charge in [0, 0.05) is 11.7 Å². The molecule has 0 bridgehead atoms. The first-order valence-corrected chi connectivity index (χ1v) is 2.80. The molecule has 0 aromatic rings. The van der Waals surface area contributed by atoms with Crippen LogP contribution in [-0.2, 0) is 0 Å². The van der Waals surface area contributed by atoms with Gasteiger partial charge in [0.25, 0.3) is 0 Å². The summed E-state index contributed by atoms with van der Waals surface area (Å²) >= 11 is 0. The zero-order valence-electron chi connectivity index (χ0n) is 5.52. The van der Waals surface area contributed by atoms with E-state index in [-0.39, 0.29) is 6.04 Å². The third-order valence-corrected chi connectivity index (χ3v) is 0.812. The van der Waals surface area contributed by atoms with Gasteiger partial charge in [-0.25, -0.2) is 0 Å². The van der Waals surface area contributed by atoms with E-state index in [0.717, 1.165) is 12.1 Å². The SMILES string of the molecule is C/C(N)=C\CC(C)N. The fourth-order valence-corrected chi connectivity index (χ4v) is 0.372. The fraction of sp³-hybridized carbons (Fsp3) is 0.667. The van der Waals surface area contributed by atoms with E-state index in [2.05, 4.69) is 0 Å². The van der Waals surface area contributed by atoms with E-state index in [1.54, 1.807) is 0 Å². The maximum Gasteiger partial charge on any atom is 0.00457 e. The van der Waals surface area contributed by atoms with Crippen molar-refractivity contribution in [3.63, 3.8) is 0 Å². The summed E-state index contributed by atoms with van der Waals surface area (Å²) < 4.78 is 0. The van der Waals surface area contributed by atoms with Gasteiger partial charge in [-0.3, -0.25) is 0 Å². The molecule has 0 aliphatic rings. The van der Waals surface area contributed by atoms with Gasteiger partial charge in [-0.05, 0) is 20.3 Å². The fourth-order valence-electron chi connectivity index (χ4n) is 0.372. The highest BCUT2D eigenvalue weighted by Crippen LogP contribution is 1.89. The molecule has 0 saturated carbocycles. The molecule has 2 nitrogen and oxygen atoms in total. The van der Waals surface area contributed by atoms with Crippen molar-refractivity contribution in [2.75, 3.05) is 0 Å². The minimum atomic E-state index is 0.230. The maximum atomic E-state index is 5.44. The molecule has 1 unspecified atom stereocenters. The number of rotatable bonds is 2. The van der Waals surface area contributed by atoms with Gasteiger partial charge in [-0.15, -0.1) is 0 Å². The highest BCUT2D eigenvalue weighted by molar-refractivity contribution is 4.92. The Morgan fingerprint density at radius 3 is 2.38 bits per heavy atom. The second kappa shape index (κ2) is 3.50. The number of hydrogen-bond acceptors (Lipinski definition) is 2. The summed E-state index contributed by atoms with van der Waals surface area (Å²) in [6.07, 6.45) is 2.81. The molecular weight excluding hydrogens is 100 g/mol. The van der Waals surface area contributed by atoms with Crippen LogP contribution >= 0.6 is 0 Å². The molecule has 48 valence electrons. The number of nitrogens with two attached hydrogens (primary N) is 2. The van der Waals surface area contributed by atoms with Gasteiger partial charge in [0.1, 0.15) is 0 Å². The average molecular weight is 114 g/mol. The first kappa shape index (κ1) is 7.50. The van der Waals surface area contributed by atoms with Crippen molar-refractivity contribution in [1.29, 1.82) is 0 Å². The maximum absolute atomic E-state index is 5.44. The molecule has 0 aliphatic carbocycles. The Kier molecular flexibility index (Phi) is 3.28. The summed E-state index contributed by atoms with van der Waals surface area (Å²) in [5.41, 5.74) is 11.6. The minimum Gasteiger partial charge on any atom is -0.403 e. The van der Waals surface area contributed by atoms with Gasteiger partial charge >= 0.3 is 0 Å². The van der Waals surface area contributed by atoms with Crippen molar-refractivity contribution in [1.82, 2.24) is 0 Å². The van der Waals surface area contributed by atoms with E-state index < -0.39 is 0 Å². The van der Waals surface area contributed by atoms with Crippen LogP contribution in [0.3, 0.4) is 0 Å². The Morgan fingerprint density at radius 1 is 1.75 bits per heavy atom. The second-order valence-corrected chi connectivity index (χ2v) is 2.16. The Bertz CT molecular complexity index is 80.5. The van der Waals surface area contributed by atoms with Crippen LogP contribution in [0, 0.1) is 0 Å². The summed E-state index contributed by atoms with van der Waals surface area (Å²) in [6, 6.07) is 0.230. The summed E-state index contributed by atoms with van der Waals surface area (Å²) in [5, 5.41) is 0. The van der Waals surface area contributed by atoms with E-state index in [0.29, 0.717) is 0 Å². The van der Waals surface area contributed by atoms with Crippen molar-refractivity contribution >= 4 is 0 Å². The number of hydrogen-bond donors (Lipinski definition) is 2. The normalized spacial score (nSPS) is 16.1. The van der Waals surface area contributed by atoms with Crippen molar-refractivity contribution < 1.29 is 0 Å². The van der Waals surface area contributed by atoms with Gasteiger partial charge in [-0.2, -0.15) is 0 Å². The molecule has 4 N–H and O–H groups in total. The molecule has 2 heteroatoms. The Hall–Kier alpha value is -0.500. The molecular formula is C6H14N2. The molecule has 0 fully saturated rings. The van der Waals surface area contributed by atoms with Crippen LogP contribution in [0.25, 0.3) is 0 Å². The lowest BCUT2D eigenvalue weighted by atomic mass is 10.2. The second-order valence-electron chi connectivity index (χ2n) is 2.16. The molecule has 8 heavy (non-hydrogen) atoms. The molecule has 0 aromatic carbocycles. The summed E-state index contributed by atoms with van der Waals surface area (Å²) in [4.78, 5) is 0. The third-order valence-electron chi connectivity index (χ3n) is 0.812. The van der Waals surface area contributed by atoms with E-state index in [9.17, 15) is 0 Å². The summed E-state index contributed by atoms with van der Waals surface area (Å²) in [5.74, 6) is 0. The molecule has 0 heterocycles.